The number of hydrogen-bond donors (Lipinski definition) is 2. The number of esters is 1. The Morgan fingerprint density at radius 1 is 1.24 bits per heavy atom. The van der Waals surface area contributed by atoms with Gasteiger partial charge in [-0.2, -0.15) is 0 Å². The molecule has 0 radical (unpaired) electrons. The Labute approximate surface area is 202 Å². The zero-order valence-corrected chi connectivity index (χ0v) is 20.3. The Bertz CT molecular complexity index is 907. The fourth-order valence-electron chi connectivity index (χ4n) is 3.76. The quantitative estimate of drug-likeness (QED) is 0.466. The molecule has 178 valence electrons. The summed E-state index contributed by atoms with van der Waals surface area (Å²) in [6.45, 7) is 2.62. The summed E-state index contributed by atoms with van der Waals surface area (Å²) in [6, 6.07) is 12.7. The fourth-order valence-corrected chi connectivity index (χ4v) is 6.02. The lowest BCUT2D eigenvalue weighted by Crippen LogP contribution is -2.53. The topological polar surface area (TPSA) is 95.9 Å². The van der Waals surface area contributed by atoms with E-state index in [0.717, 1.165) is 10.4 Å². The van der Waals surface area contributed by atoms with Gasteiger partial charge in [0.25, 0.3) is 0 Å². The number of rotatable bonds is 11. The molecular formula is C24H30N2O5S2. The molecule has 3 rings (SSSR count). The third kappa shape index (κ3) is 7.58. The zero-order valence-electron chi connectivity index (χ0n) is 18.6. The Hall–Kier alpha value is -2.36. The van der Waals surface area contributed by atoms with Crippen LogP contribution < -0.4 is 5.32 Å². The highest BCUT2D eigenvalue weighted by atomic mass is 32.2. The molecule has 3 atom stereocenters. The van der Waals surface area contributed by atoms with Crippen molar-refractivity contribution >= 4 is 40.9 Å². The van der Waals surface area contributed by atoms with Gasteiger partial charge in [0.2, 0.25) is 5.91 Å². The van der Waals surface area contributed by atoms with Gasteiger partial charge < -0.3 is 14.7 Å². The van der Waals surface area contributed by atoms with E-state index in [9.17, 15) is 14.4 Å². The Kier molecular flexibility index (Phi) is 9.77. The molecule has 7 nitrogen and oxygen atoms in total. The van der Waals surface area contributed by atoms with Gasteiger partial charge in [-0.05, 0) is 36.8 Å². The van der Waals surface area contributed by atoms with E-state index in [1.54, 1.807) is 34.9 Å². The van der Waals surface area contributed by atoms with Gasteiger partial charge in [0.05, 0.1) is 24.3 Å². The molecule has 1 aliphatic heterocycles. The van der Waals surface area contributed by atoms with Gasteiger partial charge >= 0.3 is 11.9 Å². The first-order valence-corrected chi connectivity index (χ1v) is 13.0. The second-order valence-corrected chi connectivity index (χ2v) is 10.0. The molecule has 1 aromatic heterocycles. The van der Waals surface area contributed by atoms with E-state index in [1.165, 1.54) is 0 Å². The summed E-state index contributed by atoms with van der Waals surface area (Å²) in [4.78, 5) is 40.0. The number of carbonyl (C=O) groups is 3. The Balaban J connectivity index is 1.75. The van der Waals surface area contributed by atoms with Gasteiger partial charge in [-0.3, -0.25) is 19.7 Å². The van der Waals surface area contributed by atoms with E-state index in [4.69, 9.17) is 9.84 Å². The van der Waals surface area contributed by atoms with Crippen LogP contribution in [0.4, 0.5) is 0 Å². The second kappa shape index (κ2) is 12.8. The van der Waals surface area contributed by atoms with Crippen molar-refractivity contribution in [3.8, 4) is 0 Å². The van der Waals surface area contributed by atoms with Crippen LogP contribution in [0.15, 0.2) is 47.8 Å². The lowest BCUT2D eigenvalue weighted by Gasteiger charge is -2.27. The minimum atomic E-state index is -0.941. The minimum Gasteiger partial charge on any atom is -0.481 e. The molecule has 3 unspecified atom stereocenters. The number of carboxylic acids is 1. The lowest BCUT2D eigenvalue weighted by molar-refractivity contribution is -0.146. The molecule has 0 bridgehead atoms. The van der Waals surface area contributed by atoms with Gasteiger partial charge in [0, 0.05) is 23.7 Å². The zero-order chi connectivity index (χ0) is 23.6. The SMILES string of the molecule is CCOC(=O)C(CCc1ccccc1)NC1CSC(c2cccs2)CN(CCC(=O)O)C1=O. The number of amides is 1. The molecule has 1 fully saturated rings. The van der Waals surface area contributed by atoms with Gasteiger partial charge in [0.15, 0.2) is 0 Å². The van der Waals surface area contributed by atoms with Crippen molar-refractivity contribution in [3.05, 3.63) is 58.3 Å². The molecule has 1 amide bonds. The molecule has 1 saturated heterocycles. The molecule has 0 aliphatic carbocycles. The molecule has 0 spiro atoms. The fraction of sp³-hybridized carbons (Fsp3) is 0.458. The number of ether oxygens (including phenoxy) is 1. The van der Waals surface area contributed by atoms with Crippen LogP contribution in [0.5, 0.6) is 0 Å². The van der Waals surface area contributed by atoms with Crippen LogP contribution in [0.25, 0.3) is 0 Å². The first kappa shape index (κ1) is 25.3. The van der Waals surface area contributed by atoms with E-state index in [1.807, 2.05) is 47.8 Å². The highest BCUT2D eigenvalue weighted by molar-refractivity contribution is 7.99. The van der Waals surface area contributed by atoms with Crippen LogP contribution in [0.1, 0.15) is 35.5 Å². The first-order valence-electron chi connectivity index (χ1n) is 11.1. The van der Waals surface area contributed by atoms with Crippen LogP contribution in [0, 0.1) is 0 Å². The van der Waals surface area contributed by atoms with Crippen LogP contribution in [0.2, 0.25) is 0 Å². The molecule has 1 aliphatic rings. The van der Waals surface area contributed by atoms with Gasteiger partial charge in [-0.1, -0.05) is 36.4 Å². The van der Waals surface area contributed by atoms with Crippen molar-refractivity contribution in [2.45, 2.75) is 43.5 Å². The number of benzene rings is 1. The summed E-state index contributed by atoms with van der Waals surface area (Å²) in [6.07, 6.45) is 1.06. The van der Waals surface area contributed by atoms with Crippen molar-refractivity contribution in [1.82, 2.24) is 10.2 Å². The van der Waals surface area contributed by atoms with Crippen LogP contribution in [-0.2, 0) is 25.5 Å². The number of hydrogen-bond acceptors (Lipinski definition) is 7. The maximum Gasteiger partial charge on any atom is 0.323 e. The Morgan fingerprint density at radius 3 is 2.70 bits per heavy atom. The largest absolute Gasteiger partial charge is 0.481 e. The molecular weight excluding hydrogens is 460 g/mol. The van der Waals surface area contributed by atoms with E-state index < -0.39 is 18.1 Å². The smallest absolute Gasteiger partial charge is 0.323 e. The summed E-state index contributed by atoms with van der Waals surface area (Å²) in [5, 5.41) is 14.5. The third-order valence-electron chi connectivity index (χ3n) is 5.45. The minimum absolute atomic E-state index is 0.0694. The molecule has 2 N–H and O–H groups in total. The normalized spacial score (nSPS) is 19.7. The van der Waals surface area contributed by atoms with Crippen molar-refractivity contribution in [3.63, 3.8) is 0 Å². The van der Waals surface area contributed by atoms with Crippen molar-refractivity contribution in [2.75, 3.05) is 25.4 Å². The number of aliphatic carboxylic acids is 1. The number of carbonyl (C=O) groups excluding carboxylic acids is 2. The summed E-state index contributed by atoms with van der Waals surface area (Å²) in [7, 11) is 0. The monoisotopic (exact) mass is 490 g/mol. The van der Waals surface area contributed by atoms with Gasteiger partial charge in [-0.15, -0.1) is 23.1 Å². The van der Waals surface area contributed by atoms with Gasteiger partial charge in [0.1, 0.15) is 6.04 Å². The highest BCUT2D eigenvalue weighted by Crippen LogP contribution is 2.35. The first-order chi connectivity index (χ1) is 16.0. The van der Waals surface area contributed by atoms with E-state index in [2.05, 4.69) is 5.32 Å². The highest BCUT2D eigenvalue weighted by Gasteiger charge is 2.35. The second-order valence-electron chi connectivity index (χ2n) is 7.81. The molecule has 1 aromatic carbocycles. The van der Waals surface area contributed by atoms with Crippen LogP contribution >= 0.6 is 23.1 Å². The van der Waals surface area contributed by atoms with E-state index in [0.29, 0.717) is 25.1 Å². The van der Waals surface area contributed by atoms with Crippen molar-refractivity contribution in [2.24, 2.45) is 0 Å². The molecule has 2 heterocycles. The van der Waals surface area contributed by atoms with Crippen LogP contribution in [-0.4, -0.2) is 65.4 Å². The van der Waals surface area contributed by atoms with E-state index in [-0.39, 0.29) is 36.7 Å². The third-order valence-corrected chi connectivity index (χ3v) is 7.92. The summed E-state index contributed by atoms with van der Waals surface area (Å²) < 4.78 is 5.28. The van der Waals surface area contributed by atoms with Gasteiger partial charge in [-0.25, -0.2) is 0 Å². The number of carboxylic acid groups (broad SMARTS) is 1. The molecule has 2 aromatic rings. The maximum absolute atomic E-state index is 13.4. The number of thiophene rings is 1. The van der Waals surface area contributed by atoms with Crippen LogP contribution in [0.3, 0.4) is 0 Å². The molecule has 33 heavy (non-hydrogen) atoms. The summed E-state index contributed by atoms with van der Waals surface area (Å²) in [5.74, 6) is -0.991. The van der Waals surface area contributed by atoms with E-state index >= 15 is 0 Å². The average molecular weight is 491 g/mol. The van der Waals surface area contributed by atoms with Crippen molar-refractivity contribution in [1.29, 1.82) is 0 Å². The summed E-state index contributed by atoms with van der Waals surface area (Å²) in [5.41, 5.74) is 1.11. The van der Waals surface area contributed by atoms with Crippen molar-refractivity contribution < 1.29 is 24.2 Å². The average Bonchev–Trinajstić information content (AvgIpc) is 3.30. The molecule has 9 heteroatoms. The number of aryl methyl sites for hydroxylation is 1. The predicted molar refractivity (Wildman–Crippen MR) is 130 cm³/mol. The Morgan fingerprint density at radius 2 is 2.03 bits per heavy atom. The predicted octanol–water partition coefficient (Wildman–Crippen LogP) is 3.36. The standard InChI is InChI=1S/C24H30N2O5S2/c1-2-31-24(30)18(11-10-17-7-4-3-5-8-17)25-19-16-33-21(20-9-6-14-32-20)15-26(23(19)29)13-12-22(27)28/h3-9,14,18-19,21,25H,2,10-13,15-16H2,1H3,(H,27,28). The maximum atomic E-state index is 13.4. The summed E-state index contributed by atoms with van der Waals surface area (Å²) >= 11 is 3.29. The molecule has 0 saturated carbocycles. The number of thioether (sulfide) groups is 1. The number of nitrogens with zero attached hydrogens (tertiary/aromatic N) is 1. The number of nitrogens with one attached hydrogen (secondary N) is 1. The lowest BCUT2D eigenvalue weighted by atomic mass is 10.0.